The molecule has 1 fully saturated rings. The summed E-state index contributed by atoms with van der Waals surface area (Å²) in [7, 11) is -3.82. The fourth-order valence-corrected chi connectivity index (χ4v) is 8.58. The van der Waals surface area contributed by atoms with Crippen molar-refractivity contribution in [3.63, 3.8) is 0 Å². The van der Waals surface area contributed by atoms with Crippen LogP contribution in [0, 0.1) is 27.7 Å². The summed E-state index contributed by atoms with van der Waals surface area (Å²) in [5.74, 6) is 1.36. The maximum atomic E-state index is 14.4. The van der Waals surface area contributed by atoms with Gasteiger partial charge >= 0.3 is 0 Å². The van der Waals surface area contributed by atoms with E-state index in [0.717, 1.165) is 82.9 Å². The van der Waals surface area contributed by atoms with Crippen LogP contribution in [0.1, 0.15) is 70.1 Å². The van der Waals surface area contributed by atoms with E-state index in [0.29, 0.717) is 69.1 Å². The van der Waals surface area contributed by atoms with E-state index in [4.69, 9.17) is 32.9 Å². The number of anilines is 1. The number of hydrogen-bond donors (Lipinski definition) is 0. The zero-order chi connectivity index (χ0) is 43.9. The number of pyridine rings is 1. The molecule has 0 radical (unpaired) electrons. The van der Waals surface area contributed by atoms with Gasteiger partial charge in [0.25, 0.3) is 10.1 Å². The fraction of sp³-hybridized carbons (Fsp3) is 0.400. The second kappa shape index (κ2) is 22.8. The molecule has 1 aliphatic heterocycles. The number of carbonyl (C=O) groups excluding carboxylic acids is 1. The van der Waals surface area contributed by atoms with Crippen LogP contribution in [0.15, 0.2) is 102 Å². The maximum Gasteiger partial charge on any atom is 0.297 e. The average Bonchev–Trinajstić information content (AvgIpc) is 3.27. The third-order valence-corrected chi connectivity index (χ3v) is 12.4. The Morgan fingerprint density at radius 3 is 2.15 bits per heavy atom. The van der Waals surface area contributed by atoms with Gasteiger partial charge in [-0.15, -0.1) is 0 Å². The van der Waals surface area contributed by atoms with Crippen molar-refractivity contribution in [1.82, 2.24) is 4.98 Å². The Labute approximate surface area is 367 Å². The van der Waals surface area contributed by atoms with Crippen LogP contribution in [-0.2, 0) is 41.5 Å². The molecule has 12 heteroatoms. The second-order valence-electron chi connectivity index (χ2n) is 15.5. The van der Waals surface area contributed by atoms with Gasteiger partial charge in [0.1, 0.15) is 19.0 Å². The smallest absolute Gasteiger partial charge is 0.297 e. The summed E-state index contributed by atoms with van der Waals surface area (Å²) >= 11 is 0. The van der Waals surface area contributed by atoms with Gasteiger partial charge in [-0.25, -0.2) is 4.98 Å². The Balaban J connectivity index is 1.06. The van der Waals surface area contributed by atoms with Crippen molar-refractivity contribution in [2.75, 3.05) is 64.3 Å². The first kappa shape index (κ1) is 46.4. The first-order valence-corrected chi connectivity index (χ1v) is 22.9. The van der Waals surface area contributed by atoms with Crippen molar-refractivity contribution in [3.05, 3.63) is 136 Å². The number of aromatic nitrogens is 1. The van der Waals surface area contributed by atoms with E-state index in [1.54, 1.807) is 12.1 Å². The molecular formula is C50H60N2O9S. The molecule has 1 saturated heterocycles. The quantitative estimate of drug-likeness (QED) is 0.0355. The molecule has 0 spiro atoms. The summed E-state index contributed by atoms with van der Waals surface area (Å²) < 4.78 is 58.8. The van der Waals surface area contributed by atoms with Crippen LogP contribution in [0.3, 0.4) is 0 Å². The summed E-state index contributed by atoms with van der Waals surface area (Å²) in [6.45, 7) is 14.2. The standard InChI is InChI=1S/C50H60N2O9S/c1-6-52(43-22-24-56-25-23-43)48-34-42(33-47(39(48)5)49(53)21-20-46-37(3)32-38(4)51-50(46)60-35-40-10-8-7-9-11-40)41-14-16-44(17-15-41)59-30-28-57-26-27-58-29-31-61-62(54,55)45-18-12-36(2)13-19-45/h7-19,32-34,43H,6,20-31,35H2,1-5H3. The number of nitrogens with zero attached hydrogens (tertiary/aromatic N) is 2. The topological polar surface area (TPSA) is 123 Å². The van der Waals surface area contributed by atoms with Crippen molar-refractivity contribution in [2.45, 2.75) is 77.8 Å². The predicted octanol–water partition coefficient (Wildman–Crippen LogP) is 9.20. The van der Waals surface area contributed by atoms with Crippen LogP contribution < -0.4 is 14.4 Å². The molecule has 5 aromatic rings. The Hall–Kier alpha value is -5.11. The van der Waals surface area contributed by atoms with Crippen molar-refractivity contribution in [3.8, 4) is 22.8 Å². The van der Waals surface area contributed by atoms with E-state index in [1.807, 2.05) is 80.6 Å². The molecule has 6 rings (SSSR count). The highest BCUT2D eigenvalue weighted by Crippen LogP contribution is 2.35. The lowest BCUT2D eigenvalue weighted by Gasteiger charge is -2.37. The van der Waals surface area contributed by atoms with Crippen LogP contribution in [0.2, 0.25) is 0 Å². The van der Waals surface area contributed by atoms with E-state index in [2.05, 4.69) is 31.7 Å². The normalized spacial score (nSPS) is 13.2. The van der Waals surface area contributed by atoms with Gasteiger partial charge in [0.15, 0.2) is 5.78 Å². The van der Waals surface area contributed by atoms with Crippen LogP contribution in [0.25, 0.3) is 11.1 Å². The minimum absolute atomic E-state index is 0.0763. The number of carbonyl (C=O) groups is 1. The summed E-state index contributed by atoms with van der Waals surface area (Å²) in [4.78, 5) is 21.7. The van der Waals surface area contributed by atoms with Gasteiger partial charge in [-0.2, -0.15) is 8.42 Å². The minimum Gasteiger partial charge on any atom is -0.491 e. The third kappa shape index (κ3) is 13.0. The number of benzene rings is 4. The largest absolute Gasteiger partial charge is 0.491 e. The molecule has 0 unspecified atom stereocenters. The number of rotatable bonds is 23. The molecule has 0 amide bonds. The van der Waals surface area contributed by atoms with Crippen LogP contribution in [-0.4, -0.2) is 84.6 Å². The number of Topliss-reactive ketones (excluding diaryl/α,β-unsaturated/α-hetero) is 1. The average molecular weight is 865 g/mol. The van der Waals surface area contributed by atoms with Crippen molar-refractivity contribution in [2.24, 2.45) is 0 Å². The van der Waals surface area contributed by atoms with Crippen molar-refractivity contribution >= 4 is 21.6 Å². The molecule has 0 bridgehead atoms. The van der Waals surface area contributed by atoms with E-state index < -0.39 is 10.1 Å². The molecule has 2 heterocycles. The van der Waals surface area contributed by atoms with Crippen LogP contribution in [0.4, 0.5) is 5.69 Å². The van der Waals surface area contributed by atoms with E-state index in [9.17, 15) is 13.2 Å². The molecule has 0 N–H and O–H groups in total. The predicted molar refractivity (Wildman–Crippen MR) is 242 cm³/mol. The molecule has 1 aliphatic rings. The first-order chi connectivity index (χ1) is 30.0. The Kier molecular flexibility index (Phi) is 17.1. The van der Waals surface area contributed by atoms with Gasteiger partial charge in [-0.1, -0.05) is 60.2 Å². The molecule has 0 saturated carbocycles. The summed E-state index contributed by atoms with van der Waals surface area (Å²) in [6.07, 6.45) is 2.70. The lowest BCUT2D eigenvalue weighted by atomic mass is 9.91. The molecule has 0 atom stereocenters. The fourth-order valence-electron chi connectivity index (χ4n) is 7.69. The number of hydrogen-bond acceptors (Lipinski definition) is 11. The van der Waals surface area contributed by atoms with Crippen molar-refractivity contribution < 1.29 is 41.1 Å². The molecular weight excluding hydrogens is 805 g/mol. The second-order valence-corrected chi connectivity index (χ2v) is 17.2. The van der Waals surface area contributed by atoms with Gasteiger partial charge in [0, 0.05) is 54.7 Å². The SMILES string of the molecule is CCN(c1cc(-c2ccc(OCCOCCOCCOS(=O)(=O)c3ccc(C)cc3)cc2)cc(C(=O)CCc2c(C)cc(C)nc2OCc2ccccc2)c1C)C1CCOCC1. The number of aryl methyl sites for hydroxylation is 3. The highest BCUT2D eigenvalue weighted by molar-refractivity contribution is 7.86. The minimum atomic E-state index is -3.82. The summed E-state index contributed by atoms with van der Waals surface area (Å²) in [6, 6.07) is 31.1. The van der Waals surface area contributed by atoms with E-state index in [1.165, 1.54) is 12.1 Å². The number of ketones is 1. The molecule has 11 nitrogen and oxygen atoms in total. The molecule has 62 heavy (non-hydrogen) atoms. The summed E-state index contributed by atoms with van der Waals surface area (Å²) in [5.41, 5.74) is 9.64. The number of ether oxygens (including phenoxy) is 5. The van der Waals surface area contributed by atoms with E-state index in [-0.39, 0.29) is 23.9 Å². The molecule has 0 aliphatic carbocycles. The van der Waals surface area contributed by atoms with Crippen LogP contribution >= 0.6 is 0 Å². The Morgan fingerprint density at radius 2 is 1.45 bits per heavy atom. The highest BCUT2D eigenvalue weighted by atomic mass is 32.2. The highest BCUT2D eigenvalue weighted by Gasteiger charge is 2.25. The lowest BCUT2D eigenvalue weighted by molar-refractivity contribution is 0.0279. The molecule has 4 aromatic carbocycles. The van der Waals surface area contributed by atoms with Gasteiger partial charge in [0.2, 0.25) is 5.88 Å². The summed E-state index contributed by atoms with van der Waals surface area (Å²) in [5, 5.41) is 0. The lowest BCUT2D eigenvalue weighted by Crippen LogP contribution is -2.40. The first-order valence-electron chi connectivity index (χ1n) is 21.5. The van der Waals surface area contributed by atoms with Gasteiger partial charge in [-0.05, 0) is 124 Å². The van der Waals surface area contributed by atoms with Gasteiger partial charge in [0.05, 0.1) is 37.9 Å². The molecule has 1 aromatic heterocycles. The zero-order valence-corrected chi connectivity index (χ0v) is 37.5. The zero-order valence-electron chi connectivity index (χ0n) is 36.7. The van der Waals surface area contributed by atoms with E-state index >= 15 is 0 Å². The Bertz CT molecular complexity index is 2310. The van der Waals surface area contributed by atoms with Crippen molar-refractivity contribution in [1.29, 1.82) is 0 Å². The monoisotopic (exact) mass is 864 g/mol. The van der Waals surface area contributed by atoms with Gasteiger partial charge in [-0.3, -0.25) is 8.98 Å². The maximum absolute atomic E-state index is 14.4. The van der Waals surface area contributed by atoms with Crippen LogP contribution in [0.5, 0.6) is 11.6 Å². The Morgan fingerprint density at radius 1 is 0.774 bits per heavy atom. The third-order valence-electron chi connectivity index (χ3n) is 11.1. The van der Waals surface area contributed by atoms with Gasteiger partial charge < -0.3 is 28.6 Å². The molecule has 330 valence electrons.